The molecule has 0 fully saturated rings. The number of unbranched alkanes of at least 4 members (excludes halogenated alkanes) is 14. The number of hydrogen-bond donors (Lipinski definition) is 1. The molecule has 1 atom stereocenters. The van der Waals surface area contributed by atoms with Crippen molar-refractivity contribution in [3.05, 3.63) is 0 Å². The Labute approximate surface area is 211 Å². The molecular formula is C21H43KO4S. The summed E-state index contributed by atoms with van der Waals surface area (Å²) in [6, 6.07) is 0. The number of aliphatic hydroxyl groups excluding tert-OH is 1. The van der Waals surface area contributed by atoms with Gasteiger partial charge in [0.05, 0.1) is 10.1 Å². The molecular weight excluding hydrogens is 387 g/mol. The van der Waals surface area contributed by atoms with E-state index >= 15 is 0 Å². The molecule has 0 aliphatic heterocycles. The van der Waals surface area contributed by atoms with Crippen LogP contribution >= 0.6 is 0 Å². The van der Waals surface area contributed by atoms with Crippen LogP contribution in [0.1, 0.15) is 122 Å². The molecule has 0 saturated heterocycles. The van der Waals surface area contributed by atoms with E-state index in [-0.39, 0.29) is 58.0 Å². The normalized spacial score (nSPS) is 12.7. The van der Waals surface area contributed by atoms with Crippen LogP contribution in [0.4, 0.5) is 0 Å². The third-order valence-electron chi connectivity index (χ3n) is 5.22. The average Bonchev–Trinajstić information content (AvgIpc) is 2.59. The second kappa shape index (κ2) is 22.2. The maximum atomic E-state index is 11.3. The summed E-state index contributed by atoms with van der Waals surface area (Å²) in [7, 11) is -4.18. The first-order valence-corrected chi connectivity index (χ1v) is 12.5. The number of aliphatic hydroxyl groups is 1. The van der Waals surface area contributed by atoms with Crippen LogP contribution in [0.3, 0.4) is 0 Å². The molecule has 0 aromatic rings. The van der Waals surface area contributed by atoms with Gasteiger partial charge in [0, 0.05) is 11.9 Å². The molecule has 0 radical (unpaired) electrons. The summed E-state index contributed by atoms with van der Waals surface area (Å²) in [5, 5.41) is 8.02. The summed E-state index contributed by atoms with van der Waals surface area (Å²) in [5.74, 6) is 0. The summed E-state index contributed by atoms with van der Waals surface area (Å²) in [5.41, 5.74) is 0. The maximum Gasteiger partial charge on any atom is 1.00 e. The van der Waals surface area contributed by atoms with Crippen molar-refractivity contribution in [2.24, 2.45) is 0 Å². The smallest absolute Gasteiger partial charge is 0.748 e. The predicted octanol–water partition coefficient (Wildman–Crippen LogP) is 2.94. The van der Waals surface area contributed by atoms with E-state index in [9.17, 15) is 13.0 Å². The second-order valence-electron chi connectivity index (χ2n) is 7.72. The van der Waals surface area contributed by atoms with Crippen molar-refractivity contribution in [1.29, 1.82) is 0 Å². The van der Waals surface area contributed by atoms with Crippen LogP contribution < -0.4 is 51.4 Å². The Hall–Kier alpha value is 1.51. The van der Waals surface area contributed by atoms with Gasteiger partial charge in [0.15, 0.2) is 0 Å². The van der Waals surface area contributed by atoms with Crippen LogP contribution in [-0.2, 0) is 10.1 Å². The third kappa shape index (κ3) is 22.0. The fourth-order valence-corrected chi connectivity index (χ4v) is 4.39. The molecule has 0 aromatic carbocycles. The van der Waals surface area contributed by atoms with Gasteiger partial charge >= 0.3 is 51.4 Å². The molecule has 0 aromatic heterocycles. The Morgan fingerprint density at radius 2 is 1.00 bits per heavy atom. The van der Waals surface area contributed by atoms with Gasteiger partial charge in [-0.15, -0.1) is 0 Å². The van der Waals surface area contributed by atoms with Crippen LogP contribution in [0.2, 0.25) is 0 Å². The first kappa shape index (κ1) is 30.7. The molecule has 0 bridgehead atoms. The maximum absolute atomic E-state index is 11.3. The first-order valence-electron chi connectivity index (χ1n) is 11.1. The summed E-state index contributed by atoms with van der Waals surface area (Å²) >= 11 is 0. The topological polar surface area (TPSA) is 77.4 Å². The first-order chi connectivity index (χ1) is 12.5. The zero-order valence-corrected chi connectivity index (χ0v) is 22.0. The van der Waals surface area contributed by atoms with E-state index in [1.807, 2.05) is 0 Å². The molecule has 0 aliphatic carbocycles. The van der Waals surface area contributed by atoms with Crippen molar-refractivity contribution in [3.63, 3.8) is 0 Å². The van der Waals surface area contributed by atoms with Gasteiger partial charge < -0.3 is 9.66 Å². The van der Waals surface area contributed by atoms with Crippen LogP contribution in [0.25, 0.3) is 0 Å². The Bertz CT molecular complexity index is 388. The van der Waals surface area contributed by atoms with Gasteiger partial charge in [-0.25, -0.2) is 8.42 Å². The SMILES string of the molecule is CCCCCCCCCCCCCCCC(CCCCCO)S(=O)(=O)[O-].[K+]. The van der Waals surface area contributed by atoms with Crippen molar-refractivity contribution in [2.45, 2.75) is 128 Å². The minimum atomic E-state index is -4.18. The molecule has 0 spiro atoms. The molecule has 0 saturated carbocycles. The van der Waals surface area contributed by atoms with Crippen LogP contribution in [0, 0.1) is 0 Å². The summed E-state index contributed by atoms with van der Waals surface area (Å²) in [4.78, 5) is 0. The molecule has 0 aliphatic rings. The molecule has 0 rings (SSSR count). The Balaban J connectivity index is 0. The van der Waals surface area contributed by atoms with Gasteiger partial charge in [0.1, 0.15) is 0 Å². The molecule has 6 heteroatoms. The molecule has 1 unspecified atom stereocenters. The molecule has 1 N–H and O–H groups in total. The molecule has 0 heterocycles. The number of hydrogen-bond acceptors (Lipinski definition) is 4. The average molecular weight is 431 g/mol. The largest absolute Gasteiger partial charge is 1.00 e. The van der Waals surface area contributed by atoms with Gasteiger partial charge in [-0.1, -0.05) is 103 Å². The predicted molar refractivity (Wildman–Crippen MR) is 109 cm³/mol. The third-order valence-corrected chi connectivity index (χ3v) is 6.51. The minimum Gasteiger partial charge on any atom is -0.748 e. The quantitative estimate of drug-likeness (QED) is 0.183. The Morgan fingerprint density at radius 1 is 0.667 bits per heavy atom. The molecule has 0 amide bonds. The standard InChI is InChI=1S/C21H44O4S.K/c1-2-3-4-5-6-7-8-9-10-11-12-13-15-18-21(26(23,24)25)19-16-14-17-20-22;/h21-22H,2-20H2,1H3,(H,23,24,25);/q;+1/p-1. The van der Waals surface area contributed by atoms with E-state index in [2.05, 4.69) is 6.92 Å². The Kier molecular flexibility index (Phi) is 25.2. The Morgan fingerprint density at radius 3 is 1.33 bits per heavy atom. The van der Waals surface area contributed by atoms with Crippen molar-refractivity contribution < 1.29 is 69.5 Å². The van der Waals surface area contributed by atoms with Gasteiger partial charge in [-0.05, 0) is 19.3 Å². The van der Waals surface area contributed by atoms with Crippen LogP contribution in [0.15, 0.2) is 0 Å². The fourth-order valence-electron chi connectivity index (χ4n) is 3.48. The van der Waals surface area contributed by atoms with E-state index < -0.39 is 15.4 Å². The van der Waals surface area contributed by atoms with Crippen molar-refractivity contribution in [1.82, 2.24) is 0 Å². The summed E-state index contributed by atoms with van der Waals surface area (Å²) in [6.45, 7) is 2.38. The van der Waals surface area contributed by atoms with Gasteiger partial charge in [-0.2, -0.15) is 0 Å². The van der Waals surface area contributed by atoms with Crippen LogP contribution in [0.5, 0.6) is 0 Å². The monoisotopic (exact) mass is 430 g/mol. The van der Waals surface area contributed by atoms with E-state index in [1.54, 1.807) is 0 Å². The van der Waals surface area contributed by atoms with Crippen molar-refractivity contribution in [2.75, 3.05) is 6.61 Å². The summed E-state index contributed by atoms with van der Waals surface area (Å²) in [6.07, 6.45) is 19.5. The molecule has 27 heavy (non-hydrogen) atoms. The second-order valence-corrected chi connectivity index (χ2v) is 9.37. The van der Waals surface area contributed by atoms with Gasteiger partial charge in [0.25, 0.3) is 0 Å². The van der Waals surface area contributed by atoms with Gasteiger partial charge in [0.2, 0.25) is 0 Å². The molecule has 158 valence electrons. The zero-order valence-electron chi connectivity index (χ0n) is 18.1. The number of rotatable bonds is 20. The molecule has 4 nitrogen and oxygen atoms in total. The zero-order chi connectivity index (χ0) is 19.5. The van der Waals surface area contributed by atoms with Crippen molar-refractivity contribution in [3.8, 4) is 0 Å². The van der Waals surface area contributed by atoms with E-state index in [0.717, 1.165) is 25.7 Å². The van der Waals surface area contributed by atoms with Gasteiger partial charge in [-0.3, -0.25) is 0 Å². The minimum absolute atomic E-state index is 0. The van der Waals surface area contributed by atoms with E-state index in [1.165, 1.54) is 64.2 Å². The fraction of sp³-hybridized carbons (Fsp3) is 1.00. The van der Waals surface area contributed by atoms with E-state index in [4.69, 9.17) is 5.11 Å². The van der Waals surface area contributed by atoms with Crippen LogP contribution in [-0.4, -0.2) is 29.9 Å². The van der Waals surface area contributed by atoms with E-state index in [0.29, 0.717) is 25.7 Å². The van der Waals surface area contributed by atoms with Crippen molar-refractivity contribution >= 4 is 10.1 Å². The summed E-state index contributed by atoms with van der Waals surface area (Å²) < 4.78 is 34.0.